The predicted molar refractivity (Wildman–Crippen MR) is 83.5 cm³/mol. The molecule has 1 aromatic rings. The zero-order valence-corrected chi connectivity index (χ0v) is 13.7. The molecule has 1 atom stereocenters. The summed E-state index contributed by atoms with van der Waals surface area (Å²) in [5.74, 6) is 0.149. The summed E-state index contributed by atoms with van der Waals surface area (Å²) in [6, 6.07) is 7.08. The second kappa shape index (κ2) is 8.78. The number of ether oxygens (including phenoxy) is 2. The Hall–Kier alpha value is -1.31. The van der Waals surface area contributed by atoms with Crippen LogP contribution in [0.4, 0.5) is 0 Å². The third-order valence-corrected chi connectivity index (χ3v) is 3.28. The molecule has 0 aliphatic carbocycles. The van der Waals surface area contributed by atoms with Crippen molar-refractivity contribution < 1.29 is 19.1 Å². The number of benzene rings is 1. The van der Waals surface area contributed by atoms with Gasteiger partial charge in [0.1, 0.15) is 11.8 Å². The second-order valence-electron chi connectivity index (χ2n) is 4.22. The van der Waals surface area contributed by atoms with Crippen molar-refractivity contribution in [3.05, 3.63) is 27.8 Å². The quantitative estimate of drug-likeness (QED) is 0.440. The molecule has 1 amide bonds. The lowest BCUT2D eigenvalue weighted by molar-refractivity contribution is -0.144. The molecule has 0 fully saturated rings. The topological polar surface area (TPSA) is 64.6 Å². The van der Waals surface area contributed by atoms with Crippen molar-refractivity contribution in [3.63, 3.8) is 0 Å². The number of methoxy groups -OCH3 is 1. The van der Waals surface area contributed by atoms with Gasteiger partial charge in [0.15, 0.2) is 0 Å². The van der Waals surface area contributed by atoms with Gasteiger partial charge in [-0.05, 0) is 60.2 Å². The summed E-state index contributed by atoms with van der Waals surface area (Å²) in [7, 11) is 1.29. The van der Waals surface area contributed by atoms with Crippen molar-refractivity contribution >= 4 is 34.5 Å². The number of carbonyl (C=O) groups excluding carboxylic acids is 2. The first-order chi connectivity index (χ1) is 9.52. The Kier molecular flexibility index (Phi) is 7.35. The average Bonchev–Trinajstić information content (AvgIpc) is 2.44. The highest BCUT2D eigenvalue weighted by molar-refractivity contribution is 14.1. The summed E-state index contributed by atoms with van der Waals surface area (Å²) in [5.41, 5.74) is 0. The highest BCUT2D eigenvalue weighted by atomic mass is 127. The molecule has 0 saturated carbocycles. The van der Waals surface area contributed by atoms with Crippen LogP contribution in [0.3, 0.4) is 0 Å². The number of esters is 1. The number of halogens is 1. The van der Waals surface area contributed by atoms with Crippen LogP contribution in [-0.2, 0) is 14.3 Å². The molecule has 5 nitrogen and oxygen atoms in total. The van der Waals surface area contributed by atoms with Crippen molar-refractivity contribution in [2.45, 2.75) is 25.8 Å². The third-order valence-electron chi connectivity index (χ3n) is 2.56. The Balaban J connectivity index is 2.19. The summed E-state index contributed by atoms with van der Waals surface area (Å²) in [4.78, 5) is 22.7. The number of nitrogens with one attached hydrogen (secondary N) is 1. The molecule has 110 valence electrons. The van der Waals surface area contributed by atoms with Gasteiger partial charge in [0.05, 0.1) is 13.7 Å². The van der Waals surface area contributed by atoms with Crippen LogP contribution in [0.1, 0.15) is 19.8 Å². The van der Waals surface area contributed by atoms with Crippen LogP contribution >= 0.6 is 22.6 Å². The summed E-state index contributed by atoms with van der Waals surface area (Å²) in [6.07, 6.45) is 0.900. The molecule has 0 heterocycles. The van der Waals surface area contributed by atoms with E-state index >= 15 is 0 Å². The van der Waals surface area contributed by atoms with E-state index < -0.39 is 12.0 Å². The maximum atomic E-state index is 11.6. The van der Waals surface area contributed by atoms with Gasteiger partial charge in [-0.25, -0.2) is 4.79 Å². The number of amides is 1. The van der Waals surface area contributed by atoms with Crippen molar-refractivity contribution in [1.29, 1.82) is 0 Å². The van der Waals surface area contributed by atoms with Crippen LogP contribution in [0, 0.1) is 3.57 Å². The zero-order valence-electron chi connectivity index (χ0n) is 11.5. The van der Waals surface area contributed by atoms with Crippen molar-refractivity contribution in [3.8, 4) is 5.75 Å². The van der Waals surface area contributed by atoms with Crippen LogP contribution in [0.25, 0.3) is 0 Å². The van der Waals surface area contributed by atoms with Crippen LogP contribution in [-0.4, -0.2) is 31.6 Å². The van der Waals surface area contributed by atoms with E-state index in [1.54, 1.807) is 6.92 Å². The van der Waals surface area contributed by atoms with Gasteiger partial charge >= 0.3 is 5.97 Å². The molecule has 0 unspecified atom stereocenters. The lowest BCUT2D eigenvalue weighted by Gasteiger charge is -2.11. The minimum absolute atomic E-state index is 0.186. The normalized spacial score (nSPS) is 11.6. The fourth-order valence-corrected chi connectivity index (χ4v) is 1.86. The SMILES string of the molecule is COC(=O)[C@H](C)NC(=O)CCCOc1ccc(I)cc1. The molecular formula is C14H18INO4. The standard InChI is InChI=1S/C14H18INO4/c1-10(14(18)19-2)16-13(17)4-3-9-20-12-7-5-11(15)6-8-12/h5-8,10H,3-4,9H2,1-2H3,(H,16,17)/t10-/m0/s1. The van der Waals surface area contributed by atoms with E-state index in [4.69, 9.17) is 4.74 Å². The lowest BCUT2D eigenvalue weighted by Crippen LogP contribution is -2.39. The molecule has 0 spiro atoms. The zero-order chi connectivity index (χ0) is 15.0. The molecule has 1 N–H and O–H groups in total. The largest absolute Gasteiger partial charge is 0.494 e. The van der Waals surface area contributed by atoms with Gasteiger partial charge in [0.25, 0.3) is 0 Å². The number of carbonyl (C=O) groups is 2. The Morgan fingerprint density at radius 2 is 1.95 bits per heavy atom. The average molecular weight is 391 g/mol. The molecule has 0 aromatic heterocycles. The fourth-order valence-electron chi connectivity index (χ4n) is 1.50. The maximum Gasteiger partial charge on any atom is 0.328 e. The van der Waals surface area contributed by atoms with Gasteiger partial charge in [-0.2, -0.15) is 0 Å². The lowest BCUT2D eigenvalue weighted by atomic mass is 10.2. The third kappa shape index (κ3) is 6.23. The molecule has 20 heavy (non-hydrogen) atoms. The Bertz CT molecular complexity index is 447. The van der Waals surface area contributed by atoms with E-state index in [1.807, 2.05) is 24.3 Å². The van der Waals surface area contributed by atoms with E-state index in [0.717, 1.165) is 9.32 Å². The second-order valence-corrected chi connectivity index (χ2v) is 5.46. The van der Waals surface area contributed by atoms with Gasteiger partial charge in [-0.3, -0.25) is 4.79 Å². The Morgan fingerprint density at radius 1 is 1.30 bits per heavy atom. The van der Waals surface area contributed by atoms with Crippen molar-refractivity contribution in [1.82, 2.24) is 5.32 Å². The highest BCUT2D eigenvalue weighted by Crippen LogP contribution is 2.13. The van der Waals surface area contributed by atoms with E-state index in [2.05, 4.69) is 32.6 Å². The molecular weight excluding hydrogens is 373 g/mol. The smallest absolute Gasteiger partial charge is 0.328 e. The predicted octanol–water partition coefficient (Wildman–Crippen LogP) is 2.13. The first kappa shape index (κ1) is 16.7. The van der Waals surface area contributed by atoms with Crippen LogP contribution in [0.15, 0.2) is 24.3 Å². The van der Waals surface area contributed by atoms with E-state index in [0.29, 0.717) is 19.4 Å². The minimum Gasteiger partial charge on any atom is -0.494 e. The summed E-state index contributed by atoms with van der Waals surface area (Å²) in [6.45, 7) is 2.05. The van der Waals surface area contributed by atoms with Gasteiger partial charge in [0.2, 0.25) is 5.91 Å². The maximum absolute atomic E-state index is 11.6. The summed E-state index contributed by atoms with van der Waals surface area (Å²) in [5, 5.41) is 2.57. The summed E-state index contributed by atoms with van der Waals surface area (Å²) < 4.78 is 11.2. The van der Waals surface area contributed by atoms with Gasteiger partial charge in [-0.15, -0.1) is 0 Å². The summed E-state index contributed by atoms with van der Waals surface area (Å²) >= 11 is 2.22. The Morgan fingerprint density at radius 3 is 2.55 bits per heavy atom. The first-order valence-electron chi connectivity index (χ1n) is 6.28. The van der Waals surface area contributed by atoms with E-state index in [-0.39, 0.29) is 5.91 Å². The minimum atomic E-state index is -0.621. The molecule has 1 aromatic carbocycles. The van der Waals surface area contributed by atoms with Crippen LogP contribution < -0.4 is 10.1 Å². The molecule has 1 rings (SSSR count). The molecule has 0 aliphatic rings. The first-order valence-corrected chi connectivity index (χ1v) is 7.36. The number of hydrogen-bond donors (Lipinski definition) is 1. The Labute approximate surface area is 132 Å². The molecule has 0 aliphatic heterocycles. The number of rotatable bonds is 7. The van der Waals surface area contributed by atoms with Gasteiger partial charge < -0.3 is 14.8 Å². The molecule has 0 radical (unpaired) electrons. The molecule has 0 saturated heterocycles. The van der Waals surface area contributed by atoms with Gasteiger partial charge in [-0.1, -0.05) is 0 Å². The molecule has 6 heteroatoms. The van der Waals surface area contributed by atoms with E-state index in [9.17, 15) is 9.59 Å². The monoisotopic (exact) mass is 391 g/mol. The fraction of sp³-hybridized carbons (Fsp3) is 0.429. The van der Waals surface area contributed by atoms with E-state index in [1.165, 1.54) is 7.11 Å². The van der Waals surface area contributed by atoms with Crippen molar-refractivity contribution in [2.75, 3.05) is 13.7 Å². The van der Waals surface area contributed by atoms with Crippen molar-refractivity contribution in [2.24, 2.45) is 0 Å². The number of hydrogen-bond acceptors (Lipinski definition) is 4. The van der Waals surface area contributed by atoms with Crippen LogP contribution in [0.2, 0.25) is 0 Å². The van der Waals surface area contributed by atoms with Crippen LogP contribution in [0.5, 0.6) is 5.75 Å². The van der Waals surface area contributed by atoms with Gasteiger partial charge in [0, 0.05) is 9.99 Å². The highest BCUT2D eigenvalue weighted by Gasteiger charge is 2.15. The molecule has 0 bridgehead atoms.